The predicted octanol–water partition coefficient (Wildman–Crippen LogP) is 1.18. The van der Waals surface area contributed by atoms with Crippen molar-refractivity contribution in [2.24, 2.45) is 0 Å². The summed E-state index contributed by atoms with van der Waals surface area (Å²) < 4.78 is 29.8. The maximum Gasteiger partial charge on any atom is 0.407 e. The number of benzene rings is 1. The normalized spacial score (nSPS) is 10.9. The van der Waals surface area contributed by atoms with Crippen molar-refractivity contribution in [3.8, 4) is 5.75 Å². The van der Waals surface area contributed by atoms with Crippen molar-refractivity contribution in [2.45, 2.75) is 6.54 Å². The smallest absolute Gasteiger partial charge is 0.407 e. The summed E-state index contributed by atoms with van der Waals surface area (Å²) in [6.07, 6.45) is -0.0314. The first kappa shape index (κ1) is 15.1. The first-order valence-electron chi connectivity index (χ1n) is 5.31. The van der Waals surface area contributed by atoms with Crippen molar-refractivity contribution in [1.29, 1.82) is 0 Å². The maximum atomic E-state index is 11.2. The Labute approximate surface area is 111 Å². The lowest BCUT2D eigenvalue weighted by molar-refractivity contribution is 0.153. The zero-order chi connectivity index (χ0) is 14.6. The van der Waals surface area contributed by atoms with Gasteiger partial charge in [0.25, 0.3) is 0 Å². The van der Waals surface area contributed by atoms with E-state index in [0.717, 1.165) is 11.2 Å². The lowest BCUT2D eigenvalue weighted by Crippen LogP contribution is -2.24. The number of hydrogen-bond donors (Lipinski definition) is 2. The van der Waals surface area contributed by atoms with Crippen LogP contribution in [0.4, 0.5) is 10.5 Å². The van der Waals surface area contributed by atoms with Crippen LogP contribution in [0.25, 0.3) is 0 Å². The SMILES string of the molecule is COc1ccc(CN(C)C(=O)O)cc1NS(C)(=O)=O. The summed E-state index contributed by atoms with van der Waals surface area (Å²) in [5.41, 5.74) is 0.929. The molecular formula is C11H16N2O5S. The van der Waals surface area contributed by atoms with Crippen molar-refractivity contribution < 1.29 is 23.1 Å². The number of methoxy groups -OCH3 is 1. The minimum absolute atomic E-state index is 0.151. The number of anilines is 1. The summed E-state index contributed by atoms with van der Waals surface area (Å²) in [6, 6.07) is 4.80. The maximum absolute atomic E-state index is 11.2. The monoisotopic (exact) mass is 288 g/mol. The van der Waals surface area contributed by atoms with E-state index in [4.69, 9.17) is 9.84 Å². The molecule has 1 aromatic rings. The van der Waals surface area contributed by atoms with Gasteiger partial charge in [-0.15, -0.1) is 0 Å². The molecule has 2 N–H and O–H groups in total. The number of amides is 1. The Bertz CT molecular complexity index is 570. The van der Waals surface area contributed by atoms with Crippen LogP contribution in [0.2, 0.25) is 0 Å². The van der Waals surface area contributed by atoms with Gasteiger partial charge in [0.05, 0.1) is 19.1 Å². The highest BCUT2D eigenvalue weighted by Gasteiger charge is 2.11. The lowest BCUT2D eigenvalue weighted by Gasteiger charge is -2.15. The molecule has 8 heteroatoms. The minimum Gasteiger partial charge on any atom is -0.495 e. The molecule has 0 saturated heterocycles. The highest BCUT2D eigenvalue weighted by atomic mass is 32.2. The standard InChI is InChI=1S/C11H16N2O5S/c1-13(11(14)15)7-8-4-5-10(18-2)9(6-8)12-19(3,16)17/h4-6,12H,7H2,1-3H3,(H,14,15). The van der Waals surface area contributed by atoms with E-state index in [-0.39, 0.29) is 12.2 Å². The molecule has 1 amide bonds. The summed E-state index contributed by atoms with van der Waals surface area (Å²) >= 11 is 0. The van der Waals surface area contributed by atoms with Crippen LogP contribution in [0.1, 0.15) is 5.56 Å². The van der Waals surface area contributed by atoms with E-state index in [0.29, 0.717) is 11.3 Å². The third kappa shape index (κ3) is 4.66. The van der Waals surface area contributed by atoms with Crippen molar-refractivity contribution in [2.75, 3.05) is 25.1 Å². The van der Waals surface area contributed by atoms with Gasteiger partial charge in [-0.1, -0.05) is 6.07 Å². The Morgan fingerprint density at radius 3 is 2.58 bits per heavy atom. The second-order valence-electron chi connectivity index (χ2n) is 4.05. The van der Waals surface area contributed by atoms with Gasteiger partial charge in [0.1, 0.15) is 5.75 Å². The van der Waals surface area contributed by atoms with Gasteiger partial charge in [0.15, 0.2) is 0 Å². The van der Waals surface area contributed by atoms with Gasteiger partial charge in [0, 0.05) is 13.6 Å². The van der Waals surface area contributed by atoms with Crippen LogP contribution in [-0.2, 0) is 16.6 Å². The minimum atomic E-state index is -3.43. The number of rotatable bonds is 5. The first-order chi connectivity index (χ1) is 8.73. The van der Waals surface area contributed by atoms with Crippen LogP contribution < -0.4 is 9.46 Å². The van der Waals surface area contributed by atoms with Crippen LogP contribution in [0.5, 0.6) is 5.75 Å². The molecule has 0 bridgehead atoms. The molecule has 1 rings (SSSR count). The quantitative estimate of drug-likeness (QED) is 0.848. The van der Waals surface area contributed by atoms with Crippen LogP contribution in [0.15, 0.2) is 18.2 Å². The van der Waals surface area contributed by atoms with Gasteiger partial charge >= 0.3 is 6.09 Å². The molecule has 0 radical (unpaired) electrons. The van der Waals surface area contributed by atoms with Crippen LogP contribution in [0, 0.1) is 0 Å². The van der Waals surface area contributed by atoms with Crippen LogP contribution >= 0.6 is 0 Å². The molecular weight excluding hydrogens is 272 g/mol. The molecule has 0 aliphatic rings. The van der Waals surface area contributed by atoms with Crippen LogP contribution in [0.3, 0.4) is 0 Å². The van der Waals surface area contributed by atoms with Gasteiger partial charge in [-0.2, -0.15) is 0 Å². The molecule has 0 aliphatic carbocycles. The topological polar surface area (TPSA) is 95.9 Å². The molecule has 0 atom stereocenters. The Kier molecular flexibility index (Phi) is 4.60. The summed E-state index contributed by atoms with van der Waals surface area (Å²) in [7, 11) is -0.582. The number of ether oxygens (including phenoxy) is 1. The van der Waals surface area contributed by atoms with Gasteiger partial charge in [0.2, 0.25) is 10.0 Å². The van der Waals surface area contributed by atoms with E-state index >= 15 is 0 Å². The second-order valence-corrected chi connectivity index (χ2v) is 5.80. The fourth-order valence-electron chi connectivity index (χ4n) is 1.47. The largest absolute Gasteiger partial charge is 0.495 e. The van der Waals surface area contributed by atoms with E-state index < -0.39 is 16.1 Å². The zero-order valence-electron chi connectivity index (χ0n) is 10.9. The fourth-order valence-corrected chi connectivity index (χ4v) is 2.03. The zero-order valence-corrected chi connectivity index (χ0v) is 11.7. The van der Waals surface area contributed by atoms with E-state index in [1.807, 2.05) is 0 Å². The Morgan fingerprint density at radius 2 is 2.11 bits per heavy atom. The molecule has 0 aromatic heterocycles. The number of nitrogens with one attached hydrogen (secondary N) is 1. The van der Waals surface area contributed by atoms with Gasteiger partial charge in [-0.25, -0.2) is 13.2 Å². The Morgan fingerprint density at radius 1 is 1.47 bits per heavy atom. The molecule has 0 fully saturated rings. The highest BCUT2D eigenvalue weighted by Crippen LogP contribution is 2.26. The molecule has 19 heavy (non-hydrogen) atoms. The first-order valence-corrected chi connectivity index (χ1v) is 7.21. The summed E-state index contributed by atoms with van der Waals surface area (Å²) in [5, 5.41) is 8.79. The Hall–Kier alpha value is -1.96. The fraction of sp³-hybridized carbons (Fsp3) is 0.364. The second kappa shape index (κ2) is 5.79. The van der Waals surface area contributed by atoms with Crippen molar-refractivity contribution in [1.82, 2.24) is 4.90 Å². The number of nitrogens with zero attached hydrogens (tertiary/aromatic N) is 1. The highest BCUT2D eigenvalue weighted by molar-refractivity contribution is 7.92. The van der Waals surface area contributed by atoms with E-state index in [9.17, 15) is 13.2 Å². The van der Waals surface area contributed by atoms with E-state index in [1.54, 1.807) is 18.2 Å². The summed E-state index contributed by atoms with van der Waals surface area (Å²) in [4.78, 5) is 11.8. The van der Waals surface area contributed by atoms with E-state index in [1.165, 1.54) is 14.2 Å². The molecule has 7 nitrogen and oxygen atoms in total. The average Bonchev–Trinajstić information content (AvgIpc) is 2.27. The van der Waals surface area contributed by atoms with E-state index in [2.05, 4.69) is 4.72 Å². The molecule has 0 aliphatic heterocycles. The third-order valence-electron chi connectivity index (χ3n) is 2.31. The third-order valence-corrected chi connectivity index (χ3v) is 2.90. The number of hydrogen-bond acceptors (Lipinski definition) is 4. The molecule has 0 heterocycles. The lowest BCUT2D eigenvalue weighted by atomic mass is 10.2. The number of sulfonamides is 1. The average molecular weight is 288 g/mol. The van der Waals surface area contributed by atoms with Gasteiger partial charge < -0.3 is 14.7 Å². The van der Waals surface area contributed by atoms with Crippen LogP contribution in [-0.4, -0.2) is 44.9 Å². The van der Waals surface area contributed by atoms with Crippen molar-refractivity contribution >= 4 is 21.8 Å². The summed E-state index contributed by atoms with van der Waals surface area (Å²) in [5.74, 6) is 0.368. The Balaban J connectivity index is 3.04. The van der Waals surface area contributed by atoms with Gasteiger partial charge in [-0.3, -0.25) is 4.72 Å². The molecule has 106 valence electrons. The molecule has 1 aromatic carbocycles. The predicted molar refractivity (Wildman–Crippen MR) is 71.0 cm³/mol. The van der Waals surface area contributed by atoms with Gasteiger partial charge in [-0.05, 0) is 17.7 Å². The number of carbonyl (C=O) groups is 1. The molecule has 0 saturated carbocycles. The molecule has 0 unspecified atom stereocenters. The molecule has 0 spiro atoms. The van der Waals surface area contributed by atoms with Crippen molar-refractivity contribution in [3.63, 3.8) is 0 Å². The number of carboxylic acid groups (broad SMARTS) is 1. The summed E-state index contributed by atoms with van der Waals surface area (Å²) in [6.45, 7) is 0.151. The van der Waals surface area contributed by atoms with Crippen molar-refractivity contribution in [3.05, 3.63) is 23.8 Å².